The van der Waals surface area contributed by atoms with Crippen LogP contribution in [0.15, 0.2) is 49.1 Å². The summed E-state index contributed by atoms with van der Waals surface area (Å²) >= 11 is 0. The van der Waals surface area contributed by atoms with E-state index in [1.165, 1.54) is 18.5 Å². The van der Waals surface area contributed by atoms with Crippen LogP contribution in [0.1, 0.15) is 38.1 Å². The van der Waals surface area contributed by atoms with Crippen LogP contribution in [-0.2, 0) is 6.18 Å². The summed E-state index contributed by atoms with van der Waals surface area (Å²) in [5.41, 5.74) is 0.154. The molecule has 0 aliphatic carbocycles. The Kier molecular flexibility index (Phi) is 5.27. The van der Waals surface area contributed by atoms with Gasteiger partial charge >= 0.3 is 12.2 Å². The molecule has 1 atom stereocenters. The Bertz CT molecular complexity index is 1120. The summed E-state index contributed by atoms with van der Waals surface area (Å²) < 4.78 is 39.9. The van der Waals surface area contributed by atoms with Gasteiger partial charge in [-0.05, 0) is 51.1 Å². The smallest absolute Gasteiger partial charge is 0.346 e. The molecule has 2 N–H and O–H groups in total. The van der Waals surface area contributed by atoms with Crippen LogP contribution in [0.4, 0.5) is 29.7 Å². The number of amides is 2. The molecule has 1 aliphatic heterocycles. The van der Waals surface area contributed by atoms with Gasteiger partial charge in [0, 0.05) is 18.1 Å². The van der Waals surface area contributed by atoms with Crippen molar-refractivity contribution in [2.45, 2.75) is 38.5 Å². The van der Waals surface area contributed by atoms with Gasteiger partial charge in [-0.15, -0.1) is 0 Å². The Morgan fingerprint density at radius 3 is 2.50 bits per heavy atom. The minimum absolute atomic E-state index is 0.219. The van der Waals surface area contributed by atoms with Crippen LogP contribution < -0.4 is 15.5 Å². The lowest BCUT2D eigenvalue weighted by Crippen LogP contribution is -2.36. The third-order valence-electron chi connectivity index (χ3n) is 5.05. The van der Waals surface area contributed by atoms with Crippen molar-refractivity contribution >= 4 is 17.8 Å². The number of imidazole rings is 1. The number of rotatable bonds is 5. The van der Waals surface area contributed by atoms with E-state index in [1.807, 2.05) is 20.8 Å². The van der Waals surface area contributed by atoms with E-state index in [-0.39, 0.29) is 17.6 Å². The Morgan fingerprint density at radius 1 is 1.16 bits per heavy atom. The van der Waals surface area contributed by atoms with Gasteiger partial charge in [-0.25, -0.2) is 14.8 Å². The summed E-state index contributed by atoms with van der Waals surface area (Å²) in [7, 11) is 0. The number of anilines is 2. The molecule has 168 valence electrons. The molecular weight excluding hydrogens is 423 g/mol. The first-order chi connectivity index (χ1) is 15.0. The molecule has 2 amide bonds. The van der Waals surface area contributed by atoms with Gasteiger partial charge in [0.25, 0.3) is 0 Å². The SMILES string of the molecule is C[C@H](Nc1nccc(N2CC(C)(C)NC2=O)n1)c1cn(-c2ccc(C(F)(F)F)cc2)cn1. The maximum absolute atomic E-state index is 12.8. The average Bonchev–Trinajstić information content (AvgIpc) is 3.32. The second-order valence-electron chi connectivity index (χ2n) is 8.26. The lowest BCUT2D eigenvalue weighted by atomic mass is 10.1. The van der Waals surface area contributed by atoms with E-state index in [0.29, 0.717) is 29.7 Å². The lowest BCUT2D eigenvalue weighted by molar-refractivity contribution is -0.137. The molecule has 1 aliphatic rings. The second-order valence-corrected chi connectivity index (χ2v) is 8.26. The van der Waals surface area contributed by atoms with Gasteiger partial charge in [-0.3, -0.25) is 4.90 Å². The number of nitrogens with zero attached hydrogens (tertiary/aromatic N) is 5. The Hall–Kier alpha value is -3.63. The lowest BCUT2D eigenvalue weighted by Gasteiger charge is -2.18. The van der Waals surface area contributed by atoms with Crippen LogP contribution in [-0.4, -0.2) is 37.6 Å². The number of urea groups is 1. The van der Waals surface area contributed by atoms with Gasteiger partial charge in [-0.1, -0.05) is 0 Å². The number of aromatic nitrogens is 4. The van der Waals surface area contributed by atoms with Crippen molar-refractivity contribution in [2.75, 3.05) is 16.8 Å². The van der Waals surface area contributed by atoms with Gasteiger partial charge in [-0.2, -0.15) is 18.2 Å². The molecule has 2 aromatic heterocycles. The van der Waals surface area contributed by atoms with E-state index < -0.39 is 11.7 Å². The molecular formula is C21H22F3N7O. The highest BCUT2D eigenvalue weighted by Crippen LogP contribution is 2.30. The predicted molar refractivity (Wildman–Crippen MR) is 113 cm³/mol. The number of hydrogen-bond acceptors (Lipinski definition) is 5. The van der Waals surface area contributed by atoms with Gasteiger partial charge in [0.05, 0.1) is 35.7 Å². The number of alkyl halides is 3. The molecule has 0 unspecified atom stereocenters. The predicted octanol–water partition coefficient (Wildman–Crippen LogP) is 4.16. The summed E-state index contributed by atoms with van der Waals surface area (Å²) in [5.74, 6) is 0.810. The molecule has 0 saturated carbocycles. The molecule has 1 saturated heterocycles. The fraction of sp³-hybridized carbons (Fsp3) is 0.333. The number of nitrogens with one attached hydrogen (secondary N) is 2. The van der Waals surface area contributed by atoms with Crippen LogP contribution >= 0.6 is 0 Å². The fourth-order valence-corrected chi connectivity index (χ4v) is 3.41. The van der Waals surface area contributed by atoms with E-state index in [4.69, 9.17) is 0 Å². The first kappa shape index (κ1) is 21.6. The third-order valence-corrected chi connectivity index (χ3v) is 5.05. The van der Waals surface area contributed by atoms with E-state index in [2.05, 4.69) is 25.6 Å². The maximum atomic E-state index is 12.8. The molecule has 3 aromatic rings. The minimum Gasteiger partial charge on any atom is -0.346 e. The molecule has 1 fully saturated rings. The van der Waals surface area contributed by atoms with Crippen molar-refractivity contribution in [1.29, 1.82) is 0 Å². The van der Waals surface area contributed by atoms with E-state index in [9.17, 15) is 18.0 Å². The quantitative estimate of drug-likeness (QED) is 0.616. The summed E-state index contributed by atoms with van der Waals surface area (Å²) in [6.45, 7) is 6.21. The largest absolute Gasteiger partial charge is 0.416 e. The summed E-state index contributed by atoms with van der Waals surface area (Å²) in [4.78, 5) is 26.8. The highest BCUT2D eigenvalue weighted by molar-refractivity contribution is 5.94. The summed E-state index contributed by atoms with van der Waals surface area (Å²) in [5, 5.41) is 6.03. The molecule has 8 nitrogen and oxygen atoms in total. The van der Waals surface area contributed by atoms with Gasteiger partial charge < -0.3 is 15.2 Å². The van der Waals surface area contributed by atoms with E-state index in [1.54, 1.807) is 27.9 Å². The highest BCUT2D eigenvalue weighted by Gasteiger charge is 2.36. The molecule has 0 bridgehead atoms. The highest BCUT2D eigenvalue weighted by atomic mass is 19.4. The van der Waals surface area contributed by atoms with Crippen LogP contribution in [0.5, 0.6) is 0 Å². The zero-order valence-corrected chi connectivity index (χ0v) is 17.7. The van der Waals surface area contributed by atoms with Crippen molar-refractivity contribution in [3.8, 4) is 5.69 Å². The van der Waals surface area contributed by atoms with Crippen molar-refractivity contribution in [3.63, 3.8) is 0 Å². The molecule has 32 heavy (non-hydrogen) atoms. The van der Waals surface area contributed by atoms with E-state index in [0.717, 1.165) is 12.1 Å². The Labute approximate surface area is 182 Å². The topological polar surface area (TPSA) is 88.0 Å². The first-order valence-corrected chi connectivity index (χ1v) is 9.93. The van der Waals surface area contributed by atoms with Gasteiger partial charge in [0.1, 0.15) is 5.82 Å². The monoisotopic (exact) mass is 445 g/mol. The molecule has 3 heterocycles. The standard InChI is InChI=1S/C21H22F3N7O/c1-13(16-10-30(12-26-16)15-6-4-14(5-7-15)21(22,23)24)27-18-25-9-8-17(28-18)31-11-20(2,3)29-19(31)32/h4-10,12-13H,11H2,1-3H3,(H,29,32)(H,25,27,28)/t13-/m0/s1. The van der Waals surface area contributed by atoms with Crippen LogP contribution in [0.2, 0.25) is 0 Å². The van der Waals surface area contributed by atoms with Crippen molar-refractivity contribution < 1.29 is 18.0 Å². The first-order valence-electron chi connectivity index (χ1n) is 9.93. The summed E-state index contributed by atoms with van der Waals surface area (Å²) in [6.07, 6.45) is 0.443. The number of carbonyl (C=O) groups is 1. The molecule has 4 rings (SSSR count). The Balaban J connectivity index is 1.47. The fourth-order valence-electron chi connectivity index (χ4n) is 3.41. The summed E-state index contributed by atoms with van der Waals surface area (Å²) in [6, 6.07) is 6.00. The zero-order valence-electron chi connectivity index (χ0n) is 17.7. The molecule has 0 spiro atoms. The van der Waals surface area contributed by atoms with Crippen molar-refractivity contribution in [1.82, 2.24) is 24.8 Å². The van der Waals surface area contributed by atoms with Crippen LogP contribution in [0.25, 0.3) is 5.69 Å². The number of carbonyl (C=O) groups excluding carboxylic acids is 1. The van der Waals surface area contributed by atoms with Gasteiger partial charge in [0.15, 0.2) is 0 Å². The average molecular weight is 445 g/mol. The van der Waals surface area contributed by atoms with Crippen molar-refractivity contribution in [3.05, 3.63) is 60.3 Å². The number of halogens is 3. The van der Waals surface area contributed by atoms with Gasteiger partial charge in [0.2, 0.25) is 5.95 Å². The molecule has 1 aromatic carbocycles. The zero-order chi connectivity index (χ0) is 23.1. The minimum atomic E-state index is -4.38. The normalized spacial score (nSPS) is 16.7. The van der Waals surface area contributed by atoms with Crippen LogP contribution in [0, 0.1) is 0 Å². The van der Waals surface area contributed by atoms with Crippen LogP contribution in [0.3, 0.4) is 0 Å². The maximum Gasteiger partial charge on any atom is 0.416 e. The third kappa shape index (κ3) is 4.51. The van der Waals surface area contributed by atoms with E-state index >= 15 is 0 Å². The number of benzene rings is 1. The molecule has 11 heteroatoms. The number of hydrogen-bond donors (Lipinski definition) is 2. The van der Waals surface area contributed by atoms with Crippen molar-refractivity contribution in [2.24, 2.45) is 0 Å². The second kappa shape index (κ2) is 7.81. The molecule has 0 radical (unpaired) electrons. The Morgan fingerprint density at radius 2 is 1.88 bits per heavy atom.